The van der Waals surface area contributed by atoms with Gasteiger partial charge in [0.25, 0.3) is 0 Å². The SMILES string of the molecule is CCNC(C)c1ccccc1N(C)c1ccc(F)cc1. The van der Waals surface area contributed by atoms with Gasteiger partial charge in [0.2, 0.25) is 0 Å². The third-order valence-corrected chi connectivity index (χ3v) is 3.49. The predicted molar refractivity (Wildman–Crippen MR) is 83.0 cm³/mol. The lowest BCUT2D eigenvalue weighted by Crippen LogP contribution is -2.21. The molecule has 0 saturated heterocycles. The molecule has 0 aromatic heterocycles. The molecule has 106 valence electrons. The molecule has 2 aromatic rings. The number of hydrogen-bond donors (Lipinski definition) is 1. The van der Waals surface area contributed by atoms with Crippen molar-refractivity contribution in [2.24, 2.45) is 0 Å². The minimum atomic E-state index is -0.212. The van der Waals surface area contributed by atoms with E-state index in [9.17, 15) is 4.39 Å². The molecular formula is C17H21FN2. The third kappa shape index (κ3) is 3.17. The van der Waals surface area contributed by atoms with Crippen molar-refractivity contribution in [3.05, 3.63) is 59.9 Å². The topological polar surface area (TPSA) is 15.3 Å². The normalized spacial score (nSPS) is 12.2. The highest BCUT2D eigenvalue weighted by Gasteiger charge is 2.13. The van der Waals surface area contributed by atoms with E-state index in [1.54, 1.807) is 12.1 Å². The van der Waals surface area contributed by atoms with Crippen molar-refractivity contribution in [1.82, 2.24) is 5.32 Å². The number of nitrogens with one attached hydrogen (secondary N) is 1. The zero-order valence-corrected chi connectivity index (χ0v) is 12.2. The Bertz CT molecular complexity index is 551. The zero-order chi connectivity index (χ0) is 14.5. The Morgan fingerprint density at radius 1 is 1.10 bits per heavy atom. The molecule has 0 spiro atoms. The summed E-state index contributed by atoms with van der Waals surface area (Å²) in [5.74, 6) is -0.212. The van der Waals surface area contributed by atoms with Crippen LogP contribution in [0.4, 0.5) is 15.8 Å². The lowest BCUT2D eigenvalue weighted by atomic mass is 10.0. The van der Waals surface area contributed by atoms with E-state index in [1.807, 2.05) is 19.2 Å². The molecule has 1 atom stereocenters. The summed E-state index contributed by atoms with van der Waals surface area (Å²) in [6.07, 6.45) is 0. The molecule has 3 heteroatoms. The molecule has 0 amide bonds. The van der Waals surface area contributed by atoms with E-state index in [0.29, 0.717) is 0 Å². The first-order chi connectivity index (χ1) is 9.63. The van der Waals surface area contributed by atoms with Gasteiger partial charge in [-0.25, -0.2) is 4.39 Å². The van der Waals surface area contributed by atoms with Gasteiger partial charge in [-0.05, 0) is 49.4 Å². The second-order valence-electron chi connectivity index (χ2n) is 4.87. The van der Waals surface area contributed by atoms with Crippen molar-refractivity contribution >= 4 is 11.4 Å². The molecule has 0 heterocycles. The fourth-order valence-electron chi connectivity index (χ4n) is 2.38. The first-order valence-corrected chi connectivity index (χ1v) is 6.95. The second kappa shape index (κ2) is 6.53. The predicted octanol–water partition coefficient (Wildman–Crippen LogP) is 4.26. The van der Waals surface area contributed by atoms with Crippen LogP contribution in [0.25, 0.3) is 0 Å². The molecule has 0 radical (unpaired) electrons. The molecule has 20 heavy (non-hydrogen) atoms. The van der Waals surface area contributed by atoms with Gasteiger partial charge in [-0.15, -0.1) is 0 Å². The van der Waals surface area contributed by atoms with Gasteiger partial charge < -0.3 is 10.2 Å². The van der Waals surface area contributed by atoms with E-state index < -0.39 is 0 Å². The van der Waals surface area contributed by atoms with Crippen LogP contribution in [0.2, 0.25) is 0 Å². The van der Waals surface area contributed by atoms with E-state index in [0.717, 1.165) is 17.9 Å². The second-order valence-corrected chi connectivity index (χ2v) is 4.87. The highest BCUT2D eigenvalue weighted by atomic mass is 19.1. The van der Waals surface area contributed by atoms with Crippen LogP contribution < -0.4 is 10.2 Å². The van der Waals surface area contributed by atoms with Crippen molar-refractivity contribution < 1.29 is 4.39 Å². The monoisotopic (exact) mass is 272 g/mol. The molecule has 1 N–H and O–H groups in total. The van der Waals surface area contributed by atoms with E-state index in [4.69, 9.17) is 0 Å². The van der Waals surface area contributed by atoms with Crippen molar-refractivity contribution in [2.75, 3.05) is 18.5 Å². The number of para-hydroxylation sites is 1. The fourth-order valence-corrected chi connectivity index (χ4v) is 2.38. The Labute approximate surface area is 120 Å². The molecular weight excluding hydrogens is 251 g/mol. The number of rotatable bonds is 5. The van der Waals surface area contributed by atoms with Gasteiger partial charge in [-0.2, -0.15) is 0 Å². The molecule has 0 aliphatic carbocycles. The largest absolute Gasteiger partial charge is 0.344 e. The summed E-state index contributed by atoms with van der Waals surface area (Å²) in [6, 6.07) is 15.1. The molecule has 2 rings (SSSR count). The van der Waals surface area contributed by atoms with Crippen LogP contribution in [-0.2, 0) is 0 Å². The number of hydrogen-bond acceptors (Lipinski definition) is 2. The molecule has 1 unspecified atom stereocenters. The summed E-state index contributed by atoms with van der Waals surface area (Å²) in [5.41, 5.74) is 3.34. The van der Waals surface area contributed by atoms with Gasteiger partial charge in [0, 0.05) is 24.5 Å². The number of benzene rings is 2. The highest BCUT2D eigenvalue weighted by Crippen LogP contribution is 2.30. The van der Waals surface area contributed by atoms with Crippen molar-refractivity contribution in [3.63, 3.8) is 0 Å². The summed E-state index contributed by atoms with van der Waals surface area (Å²) in [6.45, 7) is 5.18. The average Bonchev–Trinajstić information content (AvgIpc) is 2.47. The maximum atomic E-state index is 13.0. The number of anilines is 2. The van der Waals surface area contributed by atoms with Crippen LogP contribution in [0.1, 0.15) is 25.5 Å². The first-order valence-electron chi connectivity index (χ1n) is 6.95. The lowest BCUT2D eigenvalue weighted by Gasteiger charge is -2.25. The van der Waals surface area contributed by atoms with E-state index >= 15 is 0 Å². The number of nitrogens with zero attached hydrogens (tertiary/aromatic N) is 1. The minimum absolute atomic E-state index is 0.212. The Morgan fingerprint density at radius 2 is 1.75 bits per heavy atom. The molecule has 0 fully saturated rings. The van der Waals surface area contributed by atoms with Crippen LogP contribution in [0.5, 0.6) is 0 Å². The van der Waals surface area contributed by atoms with Crippen LogP contribution >= 0.6 is 0 Å². The van der Waals surface area contributed by atoms with Gasteiger partial charge in [-0.3, -0.25) is 0 Å². The molecule has 0 bridgehead atoms. The van der Waals surface area contributed by atoms with E-state index in [-0.39, 0.29) is 11.9 Å². The Balaban J connectivity index is 2.34. The van der Waals surface area contributed by atoms with Gasteiger partial charge in [0.1, 0.15) is 5.82 Å². The smallest absolute Gasteiger partial charge is 0.123 e. The average molecular weight is 272 g/mol. The molecule has 0 aliphatic rings. The van der Waals surface area contributed by atoms with Crippen molar-refractivity contribution in [3.8, 4) is 0 Å². The summed E-state index contributed by atoms with van der Waals surface area (Å²) >= 11 is 0. The van der Waals surface area contributed by atoms with Gasteiger partial charge in [0.05, 0.1) is 0 Å². The van der Waals surface area contributed by atoms with Crippen molar-refractivity contribution in [2.45, 2.75) is 19.9 Å². The zero-order valence-electron chi connectivity index (χ0n) is 12.2. The standard InChI is InChI=1S/C17H21FN2/c1-4-19-13(2)16-7-5-6-8-17(16)20(3)15-11-9-14(18)10-12-15/h5-13,19H,4H2,1-3H3. The first kappa shape index (κ1) is 14.5. The van der Waals surface area contributed by atoms with E-state index in [2.05, 4.69) is 36.2 Å². The fraction of sp³-hybridized carbons (Fsp3) is 0.294. The summed E-state index contributed by atoms with van der Waals surface area (Å²) in [4.78, 5) is 2.09. The van der Waals surface area contributed by atoms with Crippen LogP contribution in [-0.4, -0.2) is 13.6 Å². The maximum absolute atomic E-state index is 13.0. The van der Waals surface area contributed by atoms with E-state index in [1.165, 1.54) is 17.7 Å². The van der Waals surface area contributed by atoms with Gasteiger partial charge in [-0.1, -0.05) is 25.1 Å². The summed E-state index contributed by atoms with van der Waals surface area (Å²) < 4.78 is 13.0. The van der Waals surface area contributed by atoms with Gasteiger partial charge >= 0.3 is 0 Å². The van der Waals surface area contributed by atoms with Crippen molar-refractivity contribution in [1.29, 1.82) is 0 Å². The molecule has 2 aromatic carbocycles. The highest BCUT2D eigenvalue weighted by molar-refractivity contribution is 5.66. The summed E-state index contributed by atoms with van der Waals surface area (Å²) in [5, 5.41) is 3.43. The maximum Gasteiger partial charge on any atom is 0.123 e. The molecule has 2 nitrogen and oxygen atoms in total. The minimum Gasteiger partial charge on any atom is -0.344 e. The Kier molecular flexibility index (Phi) is 4.74. The Hall–Kier alpha value is -1.87. The Morgan fingerprint density at radius 3 is 2.40 bits per heavy atom. The van der Waals surface area contributed by atoms with Crippen LogP contribution in [0, 0.1) is 5.82 Å². The van der Waals surface area contributed by atoms with Crippen LogP contribution in [0.3, 0.4) is 0 Å². The quantitative estimate of drug-likeness (QED) is 0.874. The molecule has 0 saturated carbocycles. The molecule has 0 aliphatic heterocycles. The van der Waals surface area contributed by atoms with Gasteiger partial charge in [0.15, 0.2) is 0 Å². The number of halogens is 1. The lowest BCUT2D eigenvalue weighted by molar-refractivity contribution is 0.598. The third-order valence-electron chi connectivity index (χ3n) is 3.49. The van der Waals surface area contributed by atoms with Crippen LogP contribution in [0.15, 0.2) is 48.5 Å². The summed E-state index contributed by atoms with van der Waals surface area (Å²) in [7, 11) is 2.00.